The number of carbonyl (C=O) groups excluding carboxylic acids is 1. The lowest BCUT2D eigenvalue weighted by Gasteiger charge is -2.45. The summed E-state index contributed by atoms with van der Waals surface area (Å²) in [5, 5.41) is 2.48. The number of nitrogens with two attached hydrogens (primary N) is 1. The third kappa shape index (κ3) is 3.75. The lowest BCUT2D eigenvalue weighted by atomic mass is 9.74. The molecule has 0 unspecified atom stereocenters. The monoisotopic (exact) mass is 482 g/mol. The molecule has 1 aromatic carbocycles. The van der Waals surface area contributed by atoms with Crippen LogP contribution >= 0.6 is 0 Å². The number of hydrogen-bond donors (Lipinski definition) is 2. The standard InChI is InChI=1S/C21H18F4N4O5/c22-9-20(12-8-31-4-3-15(12)32-19(26)29-20)11-5-10(1-2-13(11)23)28-18(30)14-6-16-17(7-27-14)34-21(24,25)33-16/h1-2,5-7,12,15H,3-4,8-9H2,(H2,26,29)(H,28,30)/t12-,15+,20+/m0/s1. The summed E-state index contributed by atoms with van der Waals surface area (Å²) in [4.78, 5) is 20.6. The topological polar surface area (TPSA) is 117 Å². The normalized spacial score (nSPS) is 26.8. The van der Waals surface area contributed by atoms with E-state index in [2.05, 4.69) is 24.8 Å². The highest BCUT2D eigenvalue weighted by Gasteiger charge is 2.52. The zero-order valence-electron chi connectivity index (χ0n) is 17.4. The van der Waals surface area contributed by atoms with E-state index in [-0.39, 0.29) is 41.1 Å². The number of fused-ring (bicyclic) bond motifs is 2. The minimum Gasteiger partial charge on any atom is -0.462 e. The number of amidine groups is 1. The number of hydrogen-bond acceptors (Lipinski definition) is 8. The molecule has 0 bridgehead atoms. The van der Waals surface area contributed by atoms with Crippen molar-refractivity contribution >= 4 is 17.6 Å². The first-order valence-corrected chi connectivity index (χ1v) is 10.2. The number of pyridine rings is 1. The van der Waals surface area contributed by atoms with Gasteiger partial charge in [0.2, 0.25) is 0 Å². The molecule has 0 saturated carbocycles. The maximum absolute atomic E-state index is 15.0. The SMILES string of the molecule is NC1=N[C@](CF)(c2cc(NC(=O)c3cc4c(cn3)OC(F)(F)O4)ccc2F)[C@H]2COCC[C@H]2O1. The Morgan fingerprint density at radius 3 is 2.82 bits per heavy atom. The van der Waals surface area contributed by atoms with E-state index in [1.54, 1.807) is 0 Å². The highest BCUT2D eigenvalue weighted by atomic mass is 19.3. The Kier molecular flexibility index (Phi) is 5.23. The first kappa shape index (κ1) is 22.2. The summed E-state index contributed by atoms with van der Waals surface area (Å²) < 4.78 is 75.5. The van der Waals surface area contributed by atoms with E-state index in [4.69, 9.17) is 15.2 Å². The maximum atomic E-state index is 15.0. The van der Waals surface area contributed by atoms with Crippen LogP contribution < -0.4 is 20.5 Å². The van der Waals surface area contributed by atoms with Crippen molar-refractivity contribution < 1.29 is 41.3 Å². The van der Waals surface area contributed by atoms with Crippen molar-refractivity contribution in [3.8, 4) is 11.5 Å². The number of nitrogens with one attached hydrogen (secondary N) is 1. The van der Waals surface area contributed by atoms with Crippen LogP contribution in [0.5, 0.6) is 11.5 Å². The molecular formula is C21H18F4N4O5. The van der Waals surface area contributed by atoms with Crippen LogP contribution in [0.2, 0.25) is 0 Å². The van der Waals surface area contributed by atoms with Crippen molar-refractivity contribution in [1.29, 1.82) is 0 Å². The summed E-state index contributed by atoms with van der Waals surface area (Å²) in [6.07, 6.45) is -3.04. The summed E-state index contributed by atoms with van der Waals surface area (Å²) >= 11 is 0. The maximum Gasteiger partial charge on any atom is 0.586 e. The van der Waals surface area contributed by atoms with E-state index in [9.17, 15) is 22.4 Å². The Hall–Kier alpha value is -3.61. The average molecular weight is 482 g/mol. The first-order chi connectivity index (χ1) is 16.2. The predicted molar refractivity (Wildman–Crippen MR) is 108 cm³/mol. The van der Waals surface area contributed by atoms with Crippen LogP contribution in [0.25, 0.3) is 0 Å². The Morgan fingerprint density at radius 1 is 1.24 bits per heavy atom. The van der Waals surface area contributed by atoms with E-state index in [0.29, 0.717) is 13.0 Å². The molecule has 0 spiro atoms. The fourth-order valence-corrected chi connectivity index (χ4v) is 4.34. The van der Waals surface area contributed by atoms with Gasteiger partial charge in [0.1, 0.15) is 29.8 Å². The van der Waals surface area contributed by atoms with Crippen molar-refractivity contribution in [3.05, 3.63) is 47.5 Å². The van der Waals surface area contributed by atoms with E-state index >= 15 is 0 Å². The quantitative estimate of drug-likeness (QED) is 0.644. The van der Waals surface area contributed by atoms with Gasteiger partial charge in [0.15, 0.2) is 11.5 Å². The van der Waals surface area contributed by atoms with Crippen LogP contribution in [-0.4, -0.2) is 49.2 Å². The van der Waals surface area contributed by atoms with Crippen molar-refractivity contribution in [2.75, 3.05) is 25.2 Å². The number of anilines is 1. The first-order valence-electron chi connectivity index (χ1n) is 10.2. The van der Waals surface area contributed by atoms with E-state index in [1.807, 2.05) is 0 Å². The van der Waals surface area contributed by atoms with Gasteiger partial charge in [0.25, 0.3) is 11.9 Å². The molecule has 1 amide bonds. The highest BCUT2D eigenvalue weighted by Crippen LogP contribution is 2.45. The lowest BCUT2D eigenvalue weighted by molar-refractivity contribution is -0.286. The molecule has 3 atom stereocenters. The number of aromatic nitrogens is 1. The Labute approximate surface area is 189 Å². The summed E-state index contributed by atoms with van der Waals surface area (Å²) in [6.45, 7) is -0.634. The zero-order valence-corrected chi connectivity index (χ0v) is 17.4. The highest BCUT2D eigenvalue weighted by molar-refractivity contribution is 6.03. The summed E-state index contributed by atoms with van der Waals surface area (Å²) in [7, 11) is 0. The molecule has 180 valence electrons. The van der Waals surface area contributed by atoms with Crippen LogP contribution in [-0.2, 0) is 15.0 Å². The Bertz CT molecular complexity index is 1180. The number of aliphatic imine (C=N–C) groups is 1. The molecule has 0 aliphatic carbocycles. The second-order valence-corrected chi connectivity index (χ2v) is 7.97. The molecule has 1 aromatic heterocycles. The molecule has 3 aliphatic heterocycles. The predicted octanol–water partition coefficient (Wildman–Crippen LogP) is 2.71. The molecule has 9 nitrogen and oxygen atoms in total. The van der Waals surface area contributed by atoms with Crippen LogP contribution in [0.3, 0.4) is 0 Å². The minimum absolute atomic E-state index is 0.0765. The number of rotatable bonds is 4. The molecule has 2 aromatic rings. The van der Waals surface area contributed by atoms with Crippen molar-refractivity contribution in [1.82, 2.24) is 4.98 Å². The van der Waals surface area contributed by atoms with Crippen molar-refractivity contribution in [2.24, 2.45) is 16.6 Å². The molecule has 1 saturated heterocycles. The third-order valence-corrected chi connectivity index (χ3v) is 5.90. The number of ether oxygens (including phenoxy) is 4. The number of benzene rings is 1. The van der Waals surface area contributed by atoms with Gasteiger partial charge in [-0.1, -0.05) is 0 Å². The lowest BCUT2D eigenvalue weighted by Crippen LogP contribution is -2.54. The number of halogens is 4. The Balaban J connectivity index is 1.45. The molecule has 34 heavy (non-hydrogen) atoms. The van der Waals surface area contributed by atoms with Gasteiger partial charge in [-0.2, -0.15) is 0 Å². The summed E-state index contributed by atoms with van der Waals surface area (Å²) in [5.74, 6) is -2.91. The number of carbonyl (C=O) groups is 1. The molecule has 1 fully saturated rings. The van der Waals surface area contributed by atoms with Gasteiger partial charge in [0, 0.05) is 23.7 Å². The fraction of sp³-hybridized carbons (Fsp3) is 0.381. The molecule has 5 rings (SSSR count). The van der Waals surface area contributed by atoms with Crippen LogP contribution in [0.15, 0.2) is 35.5 Å². The van der Waals surface area contributed by atoms with Crippen LogP contribution in [0, 0.1) is 11.7 Å². The molecule has 13 heteroatoms. The molecular weight excluding hydrogens is 464 g/mol. The van der Waals surface area contributed by atoms with Gasteiger partial charge in [-0.3, -0.25) is 4.79 Å². The Morgan fingerprint density at radius 2 is 2.03 bits per heavy atom. The van der Waals surface area contributed by atoms with E-state index < -0.39 is 42.3 Å². The second-order valence-electron chi connectivity index (χ2n) is 7.97. The largest absolute Gasteiger partial charge is 0.586 e. The van der Waals surface area contributed by atoms with Crippen molar-refractivity contribution in [3.63, 3.8) is 0 Å². The van der Waals surface area contributed by atoms with Gasteiger partial charge in [-0.25, -0.2) is 18.8 Å². The average Bonchev–Trinajstić information content (AvgIpc) is 3.12. The molecule has 4 heterocycles. The van der Waals surface area contributed by atoms with Crippen LogP contribution in [0.4, 0.5) is 23.2 Å². The fourth-order valence-electron chi connectivity index (χ4n) is 4.34. The molecule has 3 aliphatic rings. The van der Waals surface area contributed by atoms with Gasteiger partial charge in [-0.15, -0.1) is 8.78 Å². The number of alkyl halides is 3. The molecule has 0 radical (unpaired) electrons. The number of nitrogens with zero attached hydrogens (tertiary/aromatic N) is 2. The van der Waals surface area contributed by atoms with Gasteiger partial charge >= 0.3 is 6.29 Å². The molecule has 3 N–H and O–H groups in total. The summed E-state index contributed by atoms with van der Waals surface area (Å²) in [5.41, 5.74) is 3.75. The van der Waals surface area contributed by atoms with Gasteiger partial charge < -0.3 is 30.0 Å². The second kappa shape index (κ2) is 8.01. The minimum atomic E-state index is -3.86. The third-order valence-electron chi connectivity index (χ3n) is 5.90. The van der Waals surface area contributed by atoms with E-state index in [1.165, 1.54) is 12.1 Å². The van der Waals surface area contributed by atoms with Gasteiger partial charge in [0.05, 0.1) is 25.3 Å². The smallest absolute Gasteiger partial charge is 0.462 e. The summed E-state index contributed by atoms with van der Waals surface area (Å²) in [6, 6.07) is 4.26. The van der Waals surface area contributed by atoms with E-state index in [0.717, 1.165) is 18.3 Å². The zero-order chi connectivity index (χ0) is 24.1. The number of amides is 1. The van der Waals surface area contributed by atoms with Crippen molar-refractivity contribution in [2.45, 2.75) is 24.4 Å². The van der Waals surface area contributed by atoms with Crippen LogP contribution in [0.1, 0.15) is 22.5 Å². The van der Waals surface area contributed by atoms with Gasteiger partial charge in [-0.05, 0) is 18.2 Å².